The Morgan fingerprint density at radius 3 is 2.28 bits per heavy atom. The van der Waals surface area contributed by atoms with E-state index in [2.05, 4.69) is 4.98 Å². The van der Waals surface area contributed by atoms with E-state index >= 15 is 0 Å². The third-order valence-corrected chi connectivity index (χ3v) is 8.01. The van der Waals surface area contributed by atoms with Crippen molar-refractivity contribution in [3.05, 3.63) is 27.2 Å². The molecular weight excluding hydrogens is 412 g/mol. The highest BCUT2D eigenvalue weighted by Gasteiger charge is 2.55. The summed E-state index contributed by atoms with van der Waals surface area (Å²) in [7, 11) is 2.96. The van der Waals surface area contributed by atoms with E-state index in [4.69, 9.17) is 4.74 Å². The lowest BCUT2D eigenvalue weighted by Crippen LogP contribution is -2.52. The lowest BCUT2D eigenvalue weighted by atomic mass is 9.48. The van der Waals surface area contributed by atoms with E-state index in [0.29, 0.717) is 17.8 Å². The fourth-order valence-corrected chi connectivity index (χ4v) is 6.93. The van der Waals surface area contributed by atoms with Gasteiger partial charge >= 0.3 is 11.7 Å². The maximum absolute atomic E-state index is 13.3. The topological polar surface area (TPSA) is 105 Å². The summed E-state index contributed by atoms with van der Waals surface area (Å²) in [5, 5.41) is 0. The van der Waals surface area contributed by atoms with E-state index in [0.717, 1.165) is 23.8 Å². The lowest BCUT2D eigenvalue weighted by molar-refractivity contribution is -0.165. The van der Waals surface area contributed by atoms with Gasteiger partial charge in [-0.15, -0.1) is 0 Å². The van der Waals surface area contributed by atoms with Crippen LogP contribution in [0.5, 0.6) is 0 Å². The van der Waals surface area contributed by atoms with E-state index < -0.39 is 23.3 Å². The Labute approximate surface area is 185 Å². The molecule has 4 fully saturated rings. The lowest BCUT2D eigenvalue weighted by Gasteiger charge is -2.56. The Kier molecular flexibility index (Phi) is 4.90. The van der Waals surface area contributed by atoms with E-state index in [1.54, 1.807) is 18.5 Å². The van der Waals surface area contributed by atoms with Crippen LogP contribution in [0.3, 0.4) is 0 Å². The summed E-state index contributed by atoms with van der Waals surface area (Å²) in [5.74, 6) is 1.57. The fraction of sp³-hybridized carbons (Fsp3) is 0.696. The Morgan fingerprint density at radius 2 is 1.69 bits per heavy atom. The molecule has 0 spiro atoms. The smallest absolute Gasteiger partial charge is 0.332 e. The minimum absolute atomic E-state index is 0.00987. The van der Waals surface area contributed by atoms with Crippen LogP contribution in [0.25, 0.3) is 11.2 Å². The number of hydrogen-bond donors (Lipinski definition) is 0. The quantitative estimate of drug-likeness (QED) is 0.629. The van der Waals surface area contributed by atoms with Gasteiger partial charge in [0.15, 0.2) is 23.1 Å². The predicted molar refractivity (Wildman–Crippen MR) is 116 cm³/mol. The predicted octanol–water partition coefficient (Wildman–Crippen LogP) is 1.54. The summed E-state index contributed by atoms with van der Waals surface area (Å²) in [4.78, 5) is 54.6. The summed E-state index contributed by atoms with van der Waals surface area (Å²) in [6, 6.07) is 0. The molecule has 6 rings (SSSR count). The summed E-state index contributed by atoms with van der Waals surface area (Å²) < 4.78 is 9.43. The van der Waals surface area contributed by atoms with Crippen LogP contribution in [-0.2, 0) is 35.0 Å². The molecule has 0 aromatic carbocycles. The first-order chi connectivity index (χ1) is 15.2. The van der Waals surface area contributed by atoms with Crippen LogP contribution in [0.4, 0.5) is 0 Å². The highest BCUT2D eigenvalue weighted by atomic mass is 16.5. The summed E-state index contributed by atoms with van der Waals surface area (Å²) in [6.45, 7) is 1.87. The Morgan fingerprint density at radius 1 is 1.09 bits per heavy atom. The van der Waals surface area contributed by atoms with Crippen molar-refractivity contribution >= 4 is 22.9 Å². The minimum atomic E-state index is -0.757. The van der Waals surface area contributed by atoms with Gasteiger partial charge in [0.2, 0.25) is 0 Å². The normalized spacial score (nSPS) is 29.4. The van der Waals surface area contributed by atoms with Crippen molar-refractivity contribution in [3.8, 4) is 0 Å². The molecule has 4 aliphatic carbocycles. The monoisotopic (exact) mass is 442 g/mol. The first kappa shape index (κ1) is 21.2. The average molecular weight is 443 g/mol. The molecule has 4 aliphatic rings. The van der Waals surface area contributed by atoms with Crippen LogP contribution in [0.15, 0.2) is 15.9 Å². The van der Waals surface area contributed by atoms with Crippen molar-refractivity contribution in [1.29, 1.82) is 0 Å². The van der Waals surface area contributed by atoms with E-state index in [-0.39, 0.29) is 35.3 Å². The third-order valence-electron chi connectivity index (χ3n) is 8.01. The zero-order chi connectivity index (χ0) is 22.8. The van der Waals surface area contributed by atoms with Gasteiger partial charge in [-0.3, -0.25) is 23.5 Å². The number of fused-ring (bicyclic) bond motifs is 1. The van der Waals surface area contributed by atoms with Crippen molar-refractivity contribution < 1.29 is 14.3 Å². The number of imidazole rings is 1. The van der Waals surface area contributed by atoms with E-state index in [9.17, 15) is 19.2 Å². The van der Waals surface area contributed by atoms with Gasteiger partial charge in [-0.2, -0.15) is 0 Å². The molecule has 2 aromatic rings. The number of ether oxygens (including phenoxy) is 1. The number of Topliss-reactive ketones (excluding diaryl/α,β-unsaturated/α-hetero) is 1. The van der Waals surface area contributed by atoms with E-state index in [1.807, 2.05) is 0 Å². The van der Waals surface area contributed by atoms with Gasteiger partial charge in [0, 0.05) is 26.1 Å². The molecule has 0 aliphatic heterocycles. The number of ketones is 1. The van der Waals surface area contributed by atoms with Crippen molar-refractivity contribution in [2.24, 2.45) is 37.3 Å². The molecule has 2 aromatic heterocycles. The Bertz CT molecular complexity index is 1180. The Balaban J connectivity index is 1.25. The number of carbonyl (C=O) groups is 2. The molecule has 9 heteroatoms. The van der Waals surface area contributed by atoms with Gasteiger partial charge in [-0.25, -0.2) is 9.78 Å². The largest absolute Gasteiger partial charge is 0.455 e. The van der Waals surface area contributed by atoms with Crippen LogP contribution < -0.4 is 11.2 Å². The van der Waals surface area contributed by atoms with Gasteiger partial charge in [-0.1, -0.05) is 0 Å². The van der Waals surface area contributed by atoms with Crippen molar-refractivity contribution in [2.45, 2.75) is 64.5 Å². The van der Waals surface area contributed by atoms with Crippen LogP contribution >= 0.6 is 0 Å². The van der Waals surface area contributed by atoms with Gasteiger partial charge in [0.1, 0.15) is 0 Å². The number of nitrogens with zero attached hydrogens (tertiary/aromatic N) is 4. The molecule has 32 heavy (non-hydrogen) atoms. The summed E-state index contributed by atoms with van der Waals surface area (Å²) in [5.41, 5.74) is -0.674. The molecule has 0 radical (unpaired) electrons. The summed E-state index contributed by atoms with van der Waals surface area (Å²) in [6.07, 6.45) is 7.30. The standard InChI is InChI=1S/C23H30N4O5/c1-13(19(29)23-9-14-6-15(10-23)8-16(7-14)11-23)32-17(28)4-5-27-12-24-20-18(27)21(30)26(3)22(31)25(20)2/h12-16H,4-11H2,1-3H3/t13-,14?,15?,16?,23?/m1/s1. The molecule has 0 N–H and O–H groups in total. The second-order valence-corrected chi connectivity index (χ2v) is 10.3. The first-order valence-corrected chi connectivity index (χ1v) is 11.5. The van der Waals surface area contributed by atoms with Gasteiger partial charge in [0.05, 0.1) is 12.7 Å². The highest BCUT2D eigenvalue weighted by molar-refractivity contribution is 5.90. The number of esters is 1. The molecular formula is C23H30N4O5. The van der Waals surface area contributed by atoms with Crippen LogP contribution in [0.2, 0.25) is 0 Å². The molecule has 4 bridgehead atoms. The third kappa shape index (κ3) is 3.24. The van der Waals surface area contributed by atoms with Crippen molar-refractivity contribution in [2.75, 3.05) is 0 Å². The van der Waals surface area contributed by atoms with Crippen LogP contribution in [0.1, 0.15) is 51.9 Å². The minimum Gasteiger partial charge on any atom is -0.455 e. The van der Waals surface area contributed by atoms with E-state index in [1.165, 1.54) is 37.2 Å². The molecule has 2 heterocycles. The highest BCUT2D eigenvalue weighted by Crippen LogP contribution is 2.60. The van der Waals surface area contributed by atoms with Crippen molar-refractivity contribution in [3.63, 3.8) is 0 Å². The number of hydrogen-bond acceptors (Lipinski definition) is 6. The molecule has 0 saturated heterocycles. The Hall–Kier alpha value is -2.71. The molecule has 0 unspecified atom stereocenters. The molecule has 4 saturated carbocycles. The van der Waals surface area contributed by atoms with Gasteiger partial charge in [0.25, 0.3) is 5.56 Å². The maximum Gasteiger partial charge on any atom is 0.332 e. The molecule has 0 amide bonds. The first-order valence-electron chi connectivity index (χ1n) is 11.5. The number of aryl methyl sites for hydroxylation is 2. The van der Waals surface area contributed by atoms with Gasteiger partial charge in [-0.05, 0) is 63.2 Å². The zero-order valence-corrected chi connectivity index (χ0v) is 18.9. The molecule has 172 valence electrons. The fourth-order valence-electron chi connectivity index (χ4n) is 6.93. The average Bonchev–Trinajstić information content (AvgIpc) is 3.17. The number of aromatic nitrogens is 4. The number of carbonyl (C=O) groups excluding carboxylic acids is 2. The maximum atomic E-state index is 13.3. The second kappa shape index (κ2) is 7.42. The van der Waals surface area contributed by atoms with Crippen LogP contribution in [0, 0.1) is 23.2 Å². The zero-order valence-electron chi connectivity index (χ0n) is 18.9. The number of rotatable bonds is 6. The van der Waals surface area contributed by atoms with Crippen LogP contribution in [-0.4, -0.2) is 36.5 Å². The second-order valence-electron chi connectivity index (χ2n) is 10.3. The molecule has 9 nitrogen and oxygen atoms in total. The van der Waals surface area contributed by atoms with Gasteiger partial charge < -0.3 is 9.30 Å². The summed E-state index contributed by atoms with van der Waals surface area (Å²) >= 11 is 0. The SMILES string of the molecule is C[C@@H](OC(=O)CCn1cnc2c1c(=O)n(C)c(=O)n2C)C(=O)C12CC3CC(CC(C3)C1)C2. The van der Waals surface area contributed by atoms with Crippen molar-refractivity contribution in [1.82, 2.24) is 18.7 Å². The molecule has 1 atom stereocenters.